The molecule has 0 amide bonds. The van der Waals surface area contributed by atoms with E-state index in [2.05, 4.69) is 0 Å². The first-order valence-corrected chi connectivity index (χ1v) is 7.96. The molecule has 0 aromatic heterocycles. The first-order valence-electron chi connectivity index (χ1n) is 7.96. The molecule has 3 aromatic carbocycles. The lowest BCUT2D eigenvalue weighted by Crippen LogP contribution is -2.12. The molecule has 24 heavy (non-hydrogen) atoms. The summed E-state index contributed by atoms with van der Waals surface area (Å²) in [6.45, 7) is 2.10. The number of hydrogen-bond acceptors (Lipinski definition) is 3. The van der Waals surface area contributed by atoms with E-state index >= 15 is 0 Å². The van der Waals surface area contributed by atoms with Gasteiger partial charge in [-0.05, 0) is 23.3 Å². The van der Waals surface area contributed by atoms with Crippen molar-refractivity contribution in [2.75, 3.05) is 6.61 Å². The van der Waals surface area contributed by atoms with Gasteiger partial charge in [-0.25, -0.2) is 0 Å². The fourth-order valence-electron chi connectivity index (χ4n) is 2.83. The van der Waals surface area contributed by atoms with E-state index in [9.17, 15) is 9.59 Å². The number of hydrogen-bond donors (Lipinski definition) is 0. The van der Waals surface area contributed by atoms with Crippen molar-refractivity contribution in [1.82, 2.24) is 0 Å². The molecule has 3 heteroatoms. The fraction of sp³-hybridized carbons (Fsp3) is 0.143. The van der Waals surface area contributed by atoms with Crippen LogP contribution >= 0.6 is 0 Å². The van der Waals surface area contributed by atoms with Gasteiger partial charge in [0.15, 0.2) is 5.78 Å². The first-order chi connectivity index (χ1) is 11.7. The molecule has 0 radical (unpaired) electrons. The minimum atomic E-state index is -0.323. The van der Waals surface area contributed by atoms with Crippen molar-refractivity contribution in [2.45, 2.75) is 13.3 Å². The second-order valence-electron chi connectivity index (χ2n) is 5.49. The predicted molar refractivity (Wildman–Crippen MR) is 94.2 cm³/mol. The van der Waals surface area contributed by atoms with Crippen molar-refractivity contribution >= 4 is 22.5 Å². The summed E-state index contributed by atoms with van der Waals surface area (Å²) in [6.07, 6.45) is 0.0977. The Morgan fingerprint density at radius 1 is 0.833 bits per heavy atom. The third-order valence-electron chi connectivity index (χ3n) is 3.94. The molecule has 120 valence electrons. The van der Waals surface area contributed by atoms with Crippen LogP contribution in [0, 0.1) is 0 Å². The van der Waals surface area contributed by atoms with Gasteiger partial charge >= 0.3 is 5.97 Å². The second kappa shape index (κ2) is 7.09. The Bertz CT molecular complexity index is 891. The molecule has 0 unspecified atom stereocenters. The highest BCUT2D eigenvalue weighted by molar-refractivity contribution is 6.17. The smallest absolute Gasteiger partial charge is 0.310 e. The molecule has 0 aliphatic heterocycles. The van der Waals surface area contributed by atoms with E-state index in [0.29, 0.717) is 23.3 Å². The van der Waals surface area contributed by atoms with Gasteiger partial charge in [0.2, 0.25) is 0 Å². The largest absolute Gasteiger partial charge is 0.466 e. The Balaban J connectivity index is 2.02. The lowest BCUT2D eigenvalue weighted by molar-refractivity contribution is -0.142. The van der Waals surface area contributed by atoms with E-state index in [4.69, 9.17) is 4.74 Å². The maximum absolute atomic E-state index is 13.1. The van der Waals surface area contributed by atoms with E-state index in [1.807, 2.05) is 54.6 Å². The van der Waals surface area contributed by atoms with E-state index in [-0.39, 0.29) is 18.2 Å². The molecule has 0 atom stereocenters. The van der Waals surface area contributed by atoms with Gasteiger partial charge in [-0.1, -0.05) is 66.7 Å². The number of benzene rings is 3. The van der Waals surface area contributed by atoms with E-state index in [0.717, 1.165) is 10.8 Å². The standard InChI is InChI=1S/C21H18O3/c1-2-24-20(22)14-16-9-4-6-12-18(16)21(23)19-13-7-10-15-8-3-5-11-17(15)19/h3-13H,2,14H2,1H3. The van der Waals surface area contributed by atoms with Crippen LogP contribution in [0.25, 0.3) is 10.8 Å². The number of ketones is 1. The Kier molecular flexibility index (Phi) is 4.71. The summed E-state index contributed by atoms with van der Waals surface area (Å²) in [5.41, 5.74) is 1.88. The van der Waals surface area contributed by atoms with Crippen molar-refractivity contribution in [3.8, 4) is 0 Å². The van der Waals surface area contributed by atoms with Gasteiger partial charge in [0, 0.05) is 11.1 Å². The molecular weight excluding hydrogens is 300 g/mol. The average Bonchev–Trinajstić information content (AvgIpc) is 2.61. The van der Waals surface area contributed by atoms with E-state index in [1.54, 1.807) is 19.1 Å². The molecule has 3 aromatic rings. The fourth-order valence-corrected chi connectivity index (χ4v) is 2.83. The third-order valence-corrected chi connectivity index (χ3v) is 3.94. The zero-order valence-electron chi connectivity index (χ0n) is 13.5. The zero-order valence-corrected chi connectivity index (χ0v) is 13.5. The van der Waals surface area contributed by atoms with Gasteiger partial charge in [0.05, 0.1) is 13.0 Å². The number of rotatable bonds is 5. The molecule has 0 heterocycles. The lowest BCUT2D eigenvalue weighted by Gasteiger charge is -2.10. The predicted octanol–water partition coefficient (Wildman–Crippen LogP) is 4.18. The van der Waals surface area contributed by atoms with Gasteiger partial charge in [-0.2, -0.15) is 0 Å². The Labute approximate surface area is 140 Å². The van der Waals surface area contributed by atoms with Gasteiger partial charge < -0.3 is 4.74 Å². The monoisotopic (exact) mass is 318 g/mol. The number of carbonyl (C=O) groups excluding carboxylic acids is 2. The molecule has 0 bridgehead atoms. The highest BCUT2D eigenvalue weighted by Gasteiger charge is 2.17. The summed E-state index contributed by atoms with van der Waals surface area (Å²) < 4.78 is 5.01. The SMILES string of the molecule is CCOC(=O)Cc1ccccc1C(=O)c1cccc2ccccc12. The minimum Gasteiger partial charge on any atom is -0.466 e. The van der Waals surface area contributed by atoms with E-state index < -0.39 is 0 Å². The summed E-state index contributed by atoms with van der Waals surface area (Å²) in [5.74, 6) is -0.401. The van der Waals surface area contributed by atoms with Crippen molar-refractivity contribution in [1.29, 1.82) is 0 Å². The van der Waals surface area contributed by atoms with Crippen LogP contribution in [-0.2, 0) is 16.0 Å². The van der Waals surface area contributed by atoms with Crippen LogP contribution in [-0.4, -0.2) is 18.4 Å². The van der Waals surface area contributed by atoms with Crippen molar-refractivity contribution < 1.29 is 14.3 Å². The molecule has 0 saturated heterocycles. The van der Waals surface area contributed by atoms with Crippen molar-refractivity contribution in [3.63, 3.8) is 0 Å². The quantitative estimate of drug-likeness (QED) is 0.523. The van der Waals surface area contributed by atoms with Crippen LogP contribution in [0.4, 0.5) is 0 Å². The van der Waals surface area contributed by atoms with Crippen LogP contribution in [0.3, 0.4) is 0 Å². The van der Waals surface area contributed by atoms with Gasteiger partial charge in [0.25, 0.3) is 0 Å². The normalized spacial score (nSPS) is 10.5. The molecule has 0 aliphatic rings. The van der Waals surface area contributed by atoms with Crippen LogP contribution in [0.15, 0.2) is 66.7 Å². The molecule has 0 fully saturated rings. The van der Waals surface area contributed by atoms with Crippen LogP contribution in [0.5, 0.6) is 0 Å². The number of carbonyl (C=O) groups is 2. The highest BCUT2D eigenvalue weighted by atomic mass is 16.5. The number of fused-ring (bicyclic) bond motifs is 1. The lowest BCUT2D eigenvalue weighted by atomic mass is 9.93. The molecule has 3 nitrogen and oxygen atoms in total. The van der Waals surface area contributed by atoms with Crippen molar-refractivity contribution in [2.24, 2.45) is 0 Å². The van der Waals surface area contributed by atoms with Crippen LogP contribution in [0.2, 0.25) is 0 Å². The first kappa shape index (κ1) is 15.9. The zero-order chi connectivity index (χ0) is 16.9. The van der Waals surface area contributed by atoms with E-state index in [1.165, 1.54) is 0 Å². The highest BCUT2D eigenvalue weighted by Crippen LogP contribution is 2.23. The topological polar surface area (TPSA) is 43.4 Å². The maximum atomic E-state index is 13.1. The maximum Gasteiger partial charge on any atom is 0.310 e. The van der Waals surface area contributed by atoms with Gasteiger partial charge in [-0.3, -0.25) is 9.59 Å². The molecular formula is C21H18O3. The summed E-state index contributed by atoms with van der Waals surface area (Å²) in [7, 11) is 0. The molecule has 0 aliphatic carbocycles. The molecule has 3 rings (SSSR count). The Morgan fingerprint density at radius 3 is 2.33 bits per heavy atom. The van der Waals surface area contributed by atoms with Crippen LogP contribution in [0.1, 0.15) is 28.4 Å². The second-order valence-corrected chi connectivity index (χ2v) is 5.49. The average molecular weight is 318 g/mol. The Hall–Kier alpha value is -2.94. The summed E-state index contributed by atoms with van der Waals surface area (Å²) in [4.78, 5) is 24.9. The van der Waals surface area contributed by atoms with Gasteiger partial charge in [0.1, 0.15) is 0 Å². The molecule has 0 spiro atoms. The molecule has 0 N–H and O–H groups in total. The Morgan fingerprint density at radius 2 is 1.50 bits per heavy atom. The number of ether oxygens (including phenoxy) is 1. The van der Waals surface area contributed by atoms with Crippen LogP contribution < -0.4 is 0 Å². The summed E-state index contributed by atoms with van der Waals surface area (Å²) in [6, 6.07) is 20.7. The molecule has 0 saturated carbocycles. The summed E-state index contributed by atoms with van der Waals surface area (Å²) >= 11 is 0. The minimum absolute atomic E-state index is 0.0771. The number of esters is 1. The summed E-state index contributed by atoms with van der Waals surface area (Å²) in [5, 5.41) is 1.93. The van der Waals surface area contributed by atoms with Gasteiger partial charge in [-0.15, -0.1) is 0 Å². The third kappa shape index (κ3) is 3.20. The van der Waals surface area contributed by atoms with Crippen molar-refractivity contribution in [3.05, 3.63) is 83.4 Å².